The summed E-state index contributed by atoms with van der Waals surface area (Å²) < 4.78 is 40.2. The molecule has 0 aliphatic rings. The first kappa shape index (κ1) is 20.7. The van der Waals surface area contributed by atoms with Gasteiger partial charge in [-0.2, -0.15) is 23.1 Å². The van der Waals surface area contributed by atoms with Crippen molar-refractivity contribution in [3.05, 3.63) is 64.4 Å². The molecule has 0 radical (unpaired) electrons. The average Bonchev–Trinajstić information content (AvgIpc) is 2.72. The van der Waals surface area contributed by atoms with E-state index in [9.17, 15) is 18.0 Å². The van der Waals surface area contributed by atoms with Crippen molar-refractivity contribution in [3.8, 4) is 17.1 Å². The van der Waals surface area contributed by atoms with Gasteiger partial charge in [-0.05, 0) is 42.7 Å². The molecule has 4 N–H and O–H groups in total. The summed E-state index contributed by atoms with van der Waals surface area (Å²) in [4.78, 5) is 26.6. The van der Waals surface area contributed by atoms with Crippen LogP contribution in [0.25, 0.3) is 28.1 Å². The summed E-state index contributed by atoms with van der Waals surface area (Å²) in [6.07, 6.45) is -2.58. The molecule has 4 aromatic rings. The zero-order chi connectivity index (χ0) is 22.3. The van der Waals surface area contributed by atoms with Crippen molar-refractivity contribution in [2.75, 3.05) is 17.7 Å². The van der Waals surface area contributed by atoms with Crippen LogP contribution >= 0.6 is 11.8 Å². The number of alkyl halides is 3. The van der Waals surface area contributed by atoms with Crippen LogP contribution in [-0.2, 0) is 6.18 Å². The summed E-state index contributed by atoms with van der Waals surface area (Å²) in [7, 11) is 0. The molecule has 0 atom stereocenters. The predicted molar refractivity (Wildman–Crippen MR) is 114 cm³/mol. The lowest BCUT2D eigenvalue weighted by atomic mass is 10.1. The lowest BCUT2D eigenvalue weighted by Gasteiger charge is -2.15. The van der Waals surface area contributed by atoms with Crippen LogP contribution < -0.4 is 17.0 Å². The largest absolute Gasteiger partial charge is 0.416 e. The third kappa shape index (κ3) is 3.79. The molecule has 11 heteroatoms. The number of hydrogen-bond donors (Lipinski definition) is 2. The van der Waals surface area contributed by atoms with Crippen molar-refractivity contribution < 1.29 is 13.2 Å². The van der Waals surface area contributed by atoms with E-state index in [4.69, 9.17) is 11.5 Å². The average molecular weight is 444 g/mol. The van der Waals surface area contributed by atoms with E-state index in [1.54, 1.807) is 12.1 Å². The Morgan fingerprint density at radius 3 is 2.16 bits per heavy atom. The first-order chi connectivity index (χ1) is 14.7. The smallest absolute Gasteiger partial charge is 0.383 e. The van der Waals surface area contributed by atoms with Gasteiger partial charge < -0.3 is 11.5 Å². The van der Waals surface area contributed by atoms with Crippen molar-refractivity contribution in [2.24, 2.45) is 0 Å². The van der Waals surface area contributed by atoms with Gasteiger partial charge in [-0.25, -0.2) is 4.98 Å². The van der Waals surface area contributed by atoms with Crippen LogP contribution in [0.5, 0.6) is 0 Å². The van der Waals surface area contributed by atoms with Gasteiger partial charge >= 0.3 is 6.18 Å². The van der Waals surface area contributed by atoms with E-state index >= 15 is 0 Å². The number of nitrogen functional groups attached to an aromatic ring is 2. The number of anilines is 2. The Morgan fingerprint density at radius 1 is 0.935 bits per heavy atom. The maximum Gasteiger partial charge on any atom is 0.416 e. The first-order valence-electron chi connectivity index (χ1n) is 8.87. The van der Waals surface area contributed by atoms with Crippen molar-refractivity contribution in [3.63, 3.8) is 0 Å². The Hall–Kier alpha value is -3.60. The van der Waals surface area contributed by atoms with Crippen molar-refractivity contribution >= 4 is 34.6 Å². The molecular formula is C20H15F3N6OS. The molecule has 0 fully saturated rings. The van der Waals surface area contributed by atoms with E-state index in [-0.39, 0.29) is 34.2 Å². The number of halogens is 3. The topological polar surface area (TPSA) is 113 Å². The van der Waals surface area contributed by atoms with Crippen molar-refractivity contribution in [1.29, 1.82) is 0 Å². The van der Waals surface area contributed by atoms with Gasteiger partial charge in [0.15, 0.2) is 5.65 Å². The molecule has 0 amide bonds. The van der Waals surface area contributed by atoms with Gasteiger partial charge in [-0.3, -0.25) is 9.36 Å². The number of rotatable bonds is 3. The Morgan fingerprint density at radius 2 is 1.58 bits per heavy atom. The molecule has 2 heterocycles. The molecule has 2 aromatic carbocycles. The second-order valence-corrected chi connectivity index (χ2v) is 7.39. The molecule has 7 nitrogen and oxygen atoms in total. The highest BCUT2D eigenvalue weighted by atomic mass is 32.2. The molecular weight excluding hydrogens is 429 g/mol. The van der Waals surface area contributed by atoms with E-state index in [0.717, 1.165) is 17.0 Å². The second-order valence-electron chi connectivity index (χ2n) is 6.51. The Labute approximate surface area is 178 Å². The van der Waals surface area contributed by atoms with Gasteiger partial charge in [-0.1, -0.05) is 12.1 Å². The molecule has 0 saturated heterocycles. The molecule has 158 valence electrons. The summed E-state index contributed by atoms with van der Waals surface area (Å²) in [5.41, 5.74) is 10.9. The third-order valence-electron chi connectivity index (χ3n) is 4.58. The van der Waals surface area contributed by atoms with Crippen LogP contribution in [-0.4, -0.2) is 25.8 Å². The minimum absolute atomic E-state index is 0.0289. The number of fused-ring (bicyclic) bond motifs is 1. The Balaban J connectivity index is 2.03. The van der Waals surface area contributed by atoms with E-state index in [1.165, 1.54) is 28.5 Å². The minimum atomic E-state index is -4.49. The number of aromatic nitrogens is 4. The summed E-state index contributed by atoms with van der Waals surface area (Å²) in [6, 6.07) is 11.4. The fourth-order valence-electron chi connectivity index (χ4n) is 3.10. The highest BCUT2D eigenvalue weighted by molar-refractivity contribution is 7.98. The van der Waals surface area contributed by atoms with Crippen molar-refractivity contribution in [1.82, 2.24) is 19.5 Å². The molecule has 0 saturated carbocycles. The summed E-state index contributed by atoms with van der Waals surface area (Å²) >= 11 is 1.52. The zero-order valence-corrected chi connectivity index (χ0v) is 16.8. The normalized spacial score (nSPS) is 11.7. The zero-order valence-electron chi connectivity index (χ0n) is 16.0. The number of nitrogens with two attached hydrogens (primary N) is 2. The maximum atomic E-state index is 13.4. The second kappa shape index (κ2) is 7.58. The van der Waals surface area contributed by atoms with Crippen LogP contribution in [0, 0.1) is 0 Å². The molecule has 0 aliphatic carbocycles. The van der Waals surface area contributed by atoms with E-state index in [0.29, 0.717) is 5.69 Å². The van der Waals surface area contributed by atoms with Crippen LogP contribution in [0.1, 0.15) is 5.56 Å². The van der Waals surface area contributed by atoms with Gasteiger partial charge in [-0.15, -0.1) is 11.8 Å². The summed E-state index contributed by atoms with van der Waals surface area (Å²) in [6.45, 7) is 0. The molecule has 0 spiro atoms. The van der Waals surface area contributed by atoms with Gasteiger partial charge in [0, 0.05) is 10.5 Å². The summed E-state index contributed by atoms with van der Waals surface area (Å²) in [5, 5.41) is -0.0289. The first-order valence-corrected chi connectivity index (χ1v) is 10.1. The molecule has 0 aliphatic heterocycles. The van der Waals surface area contributed by atoms with Crippen LogP contribution in [0.3, 0.4) is 0 Å². The SMILES string of the molecule is CSc1ccc(-n2c(-c3ccc(C(F)(F)F)cc3)nc3nc(N)nc(N)c3c2=O)cc1. The quantitative estimate of drug-likeness (QED) is 0.463. The predicted octanol–water partition coefficient (Wildman–Crippen LogP) is 3.75. The molecule has 0 bridgehead atoms. The van der Waals surface area contributed by atoms with Crippen LogP contribution in [0.4, 0.5) is 24.9 Å². The third-order valence-corrected chi connectivity index (χ3v) is 5.32. The monoisotopic (exact) mass is 444 g/mol. The molecule has 2 aromatic heterocycles. The maximum absolute atomic E-state index is 13.4. The molecule has 0 unspecified atom stereocenters. The summed E-state index contributed by atoms with van der Waals surface area (Å²) in [5.74, 6) is -0.202. The van der Waals surface area contributed by atoms with Gasteiger partial charge in [0.1, 0.15) is 17.0 Å². The number of benzene rings is 2. The van der Waals surface area contributed by atoms with Gasteiger partial charge in [0.25, 0.3) is 5.56 Å². The number of hydrogen-bond acceptors (Lipinski definition) is 7. The Bertz CT molecular complexity index is 1340. The Kier molecular flexibility index (Phi) is 5.05. The molecule has 4 rings (SSSR count). The van der Waals surface area contributed by atoms with E-state index in [2.05, 4.69) is 15.0 Å². The van der Waals surface area contributed by atoms with E-state index in [1.807, 2.05) is 18.4 Å². The minimum Gasteiger partial charge on any atom is -0.383 e. The fourth-order valence-corrected chi connectivity index (χ4v) is 3.51. The highest BCUT2D eigenvalue weighted by Crippen LogP contribution is 2.31. The number of thioether (sulfide) groups is 1. The van der Waals surface area contributed by atoms with Gasteiger partial charge in [0.2, 0.25) is 5.95 Å². The van der Waals surface area contributed by atoms with Crippen molar-refractivity contribution in [2.45, 2.75) is 11.1 Å². The van der Waals surface area contributed by atoms with E-state index < -0.39 is 17.3 Å². The number of nitrogens with zero attached hydrogens (tertiary/aromatic N) is 4. The van der Waals surface area contributed by atoms with Crippen LogP contribution in [0.2, 0.25) is 0 Å². The van der Waals surface area contributed by atoms with Crippen LogP contribution in [0.15, 0.2) is 58.2 Å². The standard InChI is InChI=1S/C20H15F3N6OS/c1-31-13-8-6-12(7-9-13)29-17(10-2-4-11(5-3-10)20(21,22)23)27-16-14(18(29)30)15(24)26-19(25)28-16/h2-9H,1H3,(H4,24,25,26,28). The van der Waals surface area contributed by atoms with Gasteiger partial charge in [0.05, 0.1) is 11.3 Å². The fraction of sp³-hybridized carbons (Fsp3) is 0.100. The lowest BCUT2D eigenvalue weighted by Crippen LogP contribution is -2.24. The molecule has 31 heavy (non-hydrogen) atoms. The lowest BCUT2D eigenvalue weighted by molar-refractivity contribution is -0.137. The highest BCUT2D eigenvalue weighted by Gasteiger charge is 2.30.